The Morgan fingerprint density at radius 1 is 1.33 bits per heavy atom. The molecule has 1 amide bonds. The van der Waals surface area contributed by atoms with Gasteiger partial charge in [0.2, 0.25) is 5.91 Å². The lowest BCUT2D eigenvalue weighted by molar-refractivity contribution is -0.117. The zero-order valence-electron chi connectivity index (χ0n) is 19.8. The second-order valence-corrected chi connectivity index (χ2v) is 10.4. The summed E-state index contributed by atoms with van der Waals surface area (Å²) in [6.45, 7) is 10.3. The van der Waals surface area contributed by atoms with Gasteiger partial charge in [0.15, 0.2) is 5.82 Å². The number of anilines is 2. The Balaban J connectivity index is 1.48. The third-order valence-corrected chi connectivity index (χ3v) is 6.11. The topological polar surface area (TPSA) is 123 Å². The normalized spacial score (nSPS) is 15.6. The van der Waals surface area contributed by atoms with Crippen LogP contribution in [0.4, 0.5) is 11.6 Å². The lowest BCUT2D eigenvalue weighted by Gasteiger charge is -2.14. The quantitative estimate of drug-likeness (QED) is 0.559. The van der Waals surface area contributed by atoms with E-state index in [1.165, 1.54) is 0 Å². The molecule has 0 radical (unpaired) electrons. The fraction of sp³-hybridized carbons (Fsp3) is 0.440. The van der Waals surface area contributed by atoms with E-state index in [9.17, 15) is 10.1 Å². The van der Waals surface area contributed by atoms with Gasteiger partial charge in [0.25, 0.3) is 0 Å². The van der Waals surface area contributed by atoms with E-state index in [0.29, 0.717) is 22.9 Å². The number of hydrogen-bond donors (Lipinski definition) is 2. The van der Waals surface area contributed by atoms with E-state index in [0.717, 1.165) is 36.1 Å². The summed E-state index contributed by atoms with van der Waals surface area (Å²) in [5.41, 5.74) is 8.77. The summed E-state index contributed by atoms with van der Waals surface area (Å²) in [7, 11) is 0. The monoisotopic (exact) mass is 446 g/mol. The molecule has 33 heavy (non-hydrogen) atoms. The number of carbonyl (C=O) groups excluding carboxylic acids is 1. The van der Waals surface area contributed by atoms with Crippen LogP contribution in [0.1, 0.15) is 70.3 Å². The van der Waals surface area contributed by atoms with E-state index in [1.807, 2.05) is 31.2 Å². The van der Waals surface area contributed by atoms with Crippen molar-refractivity contribution >= 4 is 17.5 Å². The molecule has 172 valence electrons. The lowest BCUT2D eigenvalue weighted by Crippen LogP contribution is -2.19. The zero-order valence-corrected chi connectivity index (χ0v) is 19.8. The number of nitrogens with one attached hydrogen (secondary N) is 1. The third kappa shape index (κ3) is 4.63. The molecule has 1 unspecified atom stereocenters. The Labute approximate surface area is 193 Å². The minimum absolute atomic E-state index is 0.0676. The number of rotatable bonds is 6. The van der Waals surface area contributed by atoms with E-state index >= 15 is 0 Å². The van der Waals surface area contributed by atoms with Crippen LogP contribution >= 0.6 is 0 Å². The minimum Gasteiger partial charge on any atom is -0.383 e. The van der Waals surface area contributed by atoms with Crippen LogP contribution in [0.5, 0.6) is 0 Å². The van der Waals surface area contributed by atoms with Crippen molar-refractivity contribution in [2.75, 3.05) is 11.1 Å². The van der Waals surface area contributed by atoms with Crippen LogP contribution < -0.4 is 11.1 Å². The van der Waals surface area contributed by atoms with Crippen LogP contribution in [0.2, 0.25) is 0 Å². The Hall–Kier alpha value is -3.60. The number of amides is 1. The highest BCUT2D eigenvalue weighted by molar-refractivity contribution is 5.94. The van der Waals surface area contributed by atoms with Crippen molar-refractivity contribution in [1.29, 1.82) is 5.26 Å². The fourth-order valence-corrected chi connectivity index (χ4v) is 3.84. The second kappa shape index (κ2) is 8.07. The standard InChI is InChI=1S/C25H30N6O2/c1-15(23(32)28-20-12-18(33-30-20)13-24(2,3)4)16-6-8-17(9-7-16)21-19(14-26)22(27)31(29-21)25(5)10-11-25/h6-9,12,15H,10-11,13,27H2,1-5H3,(H,28,30,32). The molecule has 1 atom stereocenters. The van der Waals surface area contributed by atoms with Gasteiger partial charge < -0.3 is 15.6 Å². The van der Waals surface area contributed by atoms with Crippen molar-refractivity contribution in [2.45, 2.75) is 65.3 Å². The Morgan fingerprint density at radius 2 is 2.00 bits per heavy atom. The summed E-state index contributed by atoms with van der Waals surface area (Å²) in [6.07, 6.45) is 2.73. The van der Waals surface area contributed by atoms with Gasteiger partial charge in [0, 0.05) is 18.1 Å². The van der Waals surface area contributed by atoms with Crippen molar-refractivity contribution in [3.8, 4) is 17.3 Å². The first-order valence-corrected chi connectivity index (χ1v) is 11.2. The SMILES string of the molecule is CC(C(=O)Nc1cc(CC(C)(C)C)on1)c1ccc(-c2nn(C3(C)CC3)c(N)c2C#N)cc1. The number of benzene rings is 1. The van der Waals surface area contributed by atoms with Crippen molar-refractivity contribution in [3.05, 3.63) is 47.2 Å². The summed E-state index contributed by atoms with van der Waals surface area (Å²) < 4.78 is 7.12. The van der Waals surface area contributed by atoms with Gasteiger partial charge in [0.1, 0.15) is 28.9 Å². The average Bonchev–Trinajstić information content (AvgIpc) is 3.20. The molecule has 1 aliphatic rings. The first kappa shape index (κ1) is 22.6. The van der Waals surface area contributed by atoms with E-state index < -0.39 is 5.92 Å². The van der Waals surface area contributed by atoms with Gasteiger partial charge in [0.05, 0.1) is 11.5 Å². The maximum absolute atomic E-state index is 12.8. The van der Waals surface area contributed by atoms with Gasteiger partial charge in [-0.2, -0.15) is 10.4 Å². The predicted molar refractivity (Wildman–Crippen MR) is 126 cm³/mol. The molecular formula is C25H30N6O2. The molecule has 1 fully saturated rings. The molecule has 3 aromatic rings. The van der Waals surface area contributed by atoms with E-state index in [2.05, 4.69) is 49.3 Å². The van der Waals surface area contributed by atoms with Crippen LogP contribution in [0.25, 0.3) is 11.3 Å². The Kier molecular flexibility index (Phi) is 5.52. The molecule has 8 heteroatoms. The van der Waals surface area contributed by atoms with Gasteiger partial charge in [-0.15, -0.1) is 0 Å². The highest BCUT2D eigenvalue weighted by Gasteiger charge is 2.42. The number of aromatic nitrogens is 3. The van der Waals surface area contributed by atoms with Crippen molar-refractivity contribution in [2.24, 2.45) is 5.41 Å². The zero-order chi connectivity index (χ0) is 24.0. The molecule has 0 spiro atoms. The lowest BCUT2D eigenvalue weighted by atomic mass is 9.91. The highest BCUT2D eigenvalue weighted by atomic mass is 16.5. The Morgan fingerprint density at radius 3 is 2.58 bits per heavy atom. The van der Waals surface area contributed by atoms with E-state index in [-0.39, 0.29) is 16.9 Å². The minimum atomic E-state index is -0.398. The maximum atomic E-state index is 12.8. The number of nitriles is 1. The molecule has 0 aliphatic heterocycles. The molecule has 2 aromatic heterocycles. The molecule has 4 rings (SSSR count). The summed E-state index contributed by atoms with van der Waals surface area (Å²) >= 11 is 0. The van der Waals surface area contributed by atoms with Gasteiger partial charge in [-0.25, -0.2) is 4.68 Å². The van der Waals surface area contributed by atoms with Crippen LogP contribution in [0.3, 0.4) is 0 Å². The summed E-state index contributed by atoms with van der Waals surface area (Å²) in [5, 5.41) is 21.1. The molecule has 0 saturated heterocycles. The molecule has 2 heterocycles. The van der Waals surface area contributed by atoms with Crippen LogP contribution in [0, 0.1) is 16.7 Å². The Bertz CT molecular complexity index is 1220. The van der Waals surface area contributed by atoms with Gasteiger partial charge in [-0.1, -0.05) is 50.2 Å². The van der Waals surface area contributed by atoms with Crippen LogP contribution in [0.15, 0.2) is 34.9 Å². The molecule has 1 saturated carbocycles. The first-order chi connectivity index (χ1) is 15.5. The summed E-state index contributed by atoms with van der Waals surface area (Å²) in [5.74, 6) is 0.983. The maximum Gasteiger partial charge on any atom is 0.232 e. The predicted octanol–water partition coefficient (Wildman–Crippen LogP) is 4.83. The summed E-state index contributed by atoms with van der Waals surface area (Å²) in [6, 6.07) is 11.5. The molecule has 1 aromatic carbocycles. The van der Waals surface area contributed by atoms with Gasteiger partial charge in [-0.05, 0) is 37.7 Å². The first-order valence-electron chi connectivity index (χ1n) is 11.2. The van der Waals surface area contributed by atoms with Crippen LogP contribution in [-0.4, -0.2) is 20.8 Å². The number of nitrogens with two attached hydrogens (primary N) is 1. The van der Waals surface area contributed by atoms with E-state index in [4.69, 9.17) is 10.3 Å². The van der Waals surface area contributed by atoms with E-state index in [1.54, 1.807) is 10.7 Å². The molecule has 0 bridgehead atoms. The molecule has 8 nitrogen and oxygen atoms in total. The number of nitrogen functional groups attached to an aromatic ring is 1. The molecule has 1 aliphatic carbocycles. The van der Waals surface area contributed by atoms with Crippen LogP contribution in [-0.2, 0) is 16.8 Å². The smallest absolute Gasteiger partial charge is 0.232 e. The number of nitrogens with zero attached hydrogens (tertiary/aromatic N) is 4. The largest absolute Gasteiger partial charge is 0.383 e. The highest BCUT2D eigenvalue weighted by Crippen LogP contribution is 2.45. The average molecular weight is 447 g/mol. The van der Waals surface area contributed by atoms with Crippen molar-refractivity contribution < 1.29 is 9.32 Å². The molecular weight excluding hydrogens is 416 g/mol. The summed E-state index contributed by atoms with van der Waals surface area (Å²) in [4.78, 5) is 12.8. The number of hydrogen-bond acceptors (Lipinski definition) is 6. The fourth-order valence-electron chi connectivity index (χ4n) is 3.84. The second-order valence-electron chi connectivity index (χ2n) is 10.4. The van der Waals surface area contributed by atoms with Gasteiger partial charge >= 0.3 is 0 Å². The van der Waals surface area contributed by atoms with Gasteiger partial charge in [-0.3, -0.25) is 4.79 Å². The van der Waals surface area contributed by atoms with Crippen molar-refractivity contribution in [3.63, 3.8) is 0 Å². The molecule has 3 N–H and O–H groups in total. The number of carbonyl (C=O) groups is 1. The van der Waals surface area contributed by atoms with Crippen molar-refractivity contribution in [1.82, 2.24) is 14.9 Å². The third-order valence-electron chi connectivity index (χ3n) is 6.11.